The smallest absolute Gasteiger partial charge is 0.308 e. The van der Waals surface area contributed by atoms with Gasteiger partial charge in [-0.05, 0) is 60.6 Å². The van der Waals surface area contributed by atoms with Gasteiger partial charge in [-0.2, -0.15) is 13.2 Å². The molecule has 3 amide bonds. The van der Waals surface area contributed by atoms with Gasteiger partial charge < -0.3 is 4.90 Å². The molecule has 5 nitrogen and oxygen atoms in total. The Hall–Kier alpha value is -2.78. The number of hydrogen-bond acceptors (Lipinski definition) is 4. The summed E-state index contributed by atoms with van der Waals surface area (Å²) in [5.41, 5.74) is -2.82. The fourth-order valence-electron chi connectivity index (χ4n) is 3.47. The van der Waals surface area contributed by atoms with E-state index in [9.17, 15) is 22.8 Å². The highest BCUT2D eigenvalue weighted by Crippen LogP contribution is 2.38. The lowest BCUT2D eigenvalue weighted by Crippen LogP contribution is -2.33. The number of pyridine rings is 1. The standard InChI is InChI=1S/C21H15ClF3N3O2S/c1-12-19(29)28(14-5-7-15(8-6-14)31-21(23,24)25)20(30)27(12)11-13-9-10-26-18-16(13)3-2-4-17(18)22/h2-10,12H,11H2,1H3. The summed E-state index contributed by atoms with van der Waals surface area (Å²) in [6.07, 6.45) is 1.59. The molecule has 10 heteroatoms. The number of hydrogen-bond donors (Lipinski definition) is 0. The van der Waals surface area contributed by atoms with Crippen LogP contribution in [0.5, 0.6) is 0 Å². The SMILES string of the molecule is CC1C(=O)N(c2ccc(SC(F)(F)F)cc2)C(=O)N1Cc1ccnc2c(Cl)cccc12. The summed E-state index contributed by atoms with van der Waals surface area (Å²) >= 11 is 5.95. The number of aromatic nitrogens is 1. The third-order valence-electron chi connectivity index (χ3n) is 4.96. The normalized spacial score (nSPS) is 17.1. The molecule has 1 unspecified atom stereocenters. The van der Waals surface area contributed by atoms with Crippen LogP contribution in [0.4, 0.5) is 23.7 Å². The van der Waals surface area contributed by atoms with Crippen molar-refractivity contribution in [1.29, 1.82) is 0 Å². The van der Waals surface area contributed by atoms with Gasteiger partial charge in [-0.3, -0.25) is 9.78 Å². The van der Waals surface area contributed by atoms with Gasteiger partial charge in [0.05, 0.1) is 16.2 Å². The summed E-state index contributed by atoms with van der Waals surface area (Å²) < 4.78 is 37.6. The first kappa shape index (κ1) is 21.5. The Morgan fingerprint density at radius 3 is 2.48 bits per heavy atom. The van der Waals surface area contributed by atoms with Crippen molar-refractivity contribution in [2.75, 3.05) is 4.90 Å². The molecule has 2 heterocycles. The van der Waals surface area contributed by atoms with Crippen LogP contribution in [0.15, 0.2) is 59.6 Å². The Morgan fingerprint density at radius 2 is 1.81 bits per heavy atom. The second-order valence-electron chi connectivity index (χ2n) is 6.91. The van der Waals surface area contributed by atoms with Gasteiger partial charge in [-0.15, -0.1) is 0 Å². The van der Waals surface area contributed by atoms with Gasteiger partial charge in [0.15, 0.2) is 0 Å². The number of fused-ring (bicyclic) bond motifs is 1. The number of nitrogens with zero attached hydrogens (tertiary/aromatic N) is 3. The number of thioether (sulfide) groups is 1. The number of rotatable bonds is 4. The number of anilines is 1. The third-order valence-corrected chi connectivity index (χ3v) is 6.01. The van der Waals surface area contributed by atoms with Gasteiger partial charge in [-0.25, -0.2) is 9.69 Å². The quantitative estimate of drug-likeness (QED) is 0.358. The molecule has 0 spiro atoms. The van der Waals surface area contributed by atoms with Crippen LogP contribution < -0.4 is 4.90 Å². The first-order chi connectivity index (χ1) is 14.7. The minimum Gasteiger partial charge on any atom is -0.308 e. The minimum absolute atomic E-state index is 0.0274. The molecule has 1 saturated heterocycles. The highest BCUT2D eigenvalue weighted by atomic mass is 35.5. The first-order valence-corrected chi connectivity index (χ1v) is 10.4. The van der Waals surface area contributed by atoms with E-state index in [1.807, 2.05) is 6.07 Å². The summed E-state index contributed by atoms with van der Waals surface area (Å²) in [7, 11) is 0. The molecule has 0 aliphatic carbocycles. The number of para-hydroxylation sites is 1. The number of imide groups is 1. The lowest BCUT2D eigenvalue weighted by molar-refractivity contribution is -0.119. The zero-order valence-corrected chi connectivity index (χ0v) is 17.6. The lowest BCUT2D eigenvalue weighted by Gasteiger charge is -2.20. The molecule has 1 aliphatic rings. The predicted octanol–water partition coefficient (Wildman–Crippen LogP) is 5.86. The van der Waals surface area contributed by atoms with Crippen LogP contribution in [-0.4, -0.2) is 33.4 Å². The van der Waals surface area contributed by atoms with Crippen LogP contribution in [0, 0.1) is 0 Å². The average Bonchev–Trinajstić information content (AvgIpc) is 2.92. The van der Waals surface area contributed by atoms with Gasteiger partial charge in [0.1, 0.15) is 6.04 Å². The van der Waals surface area contributed by atoms with Crippen LogP contribution in [0.3, 0.4) is 0 Å². The van der Waals surface area contributed by atoms with Crippen molar-refractivity contribution in [2.24, 2.45) is 0 Å². The summed E-state index contributed by atoms with van der Waals surface area (Å²) in [5.74, 6) is -0.447. The molecule has 0 bridgehead atoms. The minimum atomic E-state index is -4.41. The number of halogens is 4. The van der Waals surface area contributed by atoms with E-state index in [4.69, 9.17) is 11.6 Å². The van der Waals surface area contributed by atoms with E-state index in [-0.39, 0.29) is 28.9 Å². The van der Waals surface area contributed by atoms with Gasteiger partial charge in [0.25, 0.3) is 5.91 Å². The number of alkyl halides is 3. The largest absolute Gasteiger partial charge is 0.446 e. The second-order valence-corrected chi connectivity index (χ2v) is 8.45. The van der Waals surface area contributed by atoms with Crippen LogP contribution in [-0.2, 0) is 11.3 Å². The maximum absolute atomic E-state index is 13.1. The molecule has 1 aliphatic heterocycles. The number of carbonyl (C=O) groups excluding carboxylic acids is 2. The van der Waals surface area contributed by atoms with Crippen molar-refractivity contribution >= 4 is 51.9 Å². The topological polar surface area (TPSA) is 53.5 Å². The number of urea groups is 1. The zero-order chi connectivity index (χ0) is 22.3. The Balaban J connectivity index is 1.61. The van der Waals surface area contributed by atoms with E-state index < -0.39 is 23.5 Å². The van der Waals surface area contributed by atoms with Gasteiger partial charge >= 0.3 is 11.5 Å². The molecule has 31 heavy (non-hydrogen) atoms. The summed E-state index contributed by atoms with van der Waals surface area (Å²) in [6.45, 7) is 1.77. The molecule has 4 rings (SSSR count). The number of carbonyl (C=O) groups is 2. The van der Waals surface area contributed by atoms with E-state index >= 15 is 0 Å². The van der Waals surface area contributed by atoms with Crippen molar-refractivity contribution in [2.45, 2.75) is 29.9 Å². The molecular formula is C21H15ClF3N3O2S. The molecule has 0 saturated carbocycles. The average molecular weight is 466 g/mol. The molecule has 1 fully saturated rings. The van der Waals surface area contributed by atoms with E-state index in [2.05, 4.69) is 4.98 Å². The molecule has 2 aromatic carbocycles. The highest BCUT2D eigenvalue weighted by molar-refractivity contribution is 8.00. The highest BCUT2D eigenvalue weighted by Gasteiger charge is 2.43. The van der Waals surface area contributed by atoms with Crippen molar-refractivity contribution in [3.63, 3.8) is 0 Å². The fraction of sp³-hybridized carbons (Fsp3) is 0.190. The van der Waals surface area contributed by atoms with E-state index in [1.54, 1.807) is 31.3 Å². The maximum Gasteiger partial charge on any atom is 0.446 e. The number of benzene rings is 2. The second kappa shape index (κ2) is 8.05. The molecule has 1 aromatic heterocycles. The van der Waals surface area contributed by atoms with Crippen LogP contribution in [0.1, 0.15) is 12.5 Å². The lowest BCUT2D eigenvalue weighted by atomic mass is 10.1. The van der Waals surface area contributed by atoms with E-state index in [1.165, 1.54) is 29.2 Å². The van der Waals surface area contributed by atoms with Gasteiger partial charge in [0, 0.05) is 23.0 Å². The monoisotopic (exact) mass is 465 g/mol. The Kier molecular flexibility index (Phi) is 5.57. The van der Waals surface area contributed by atoms with Crippen LogP contribution in [0.25, 0.3) is 10.9 Å². The summed E-state index contributed by atoms with van der Waals surface area (Å²) in [5, 5.41) is 1.25. The number of amides is 3. The molecule has 3 aromatic rings. The summed E-state index contributed by atoms with van der Waals surface area (Å²) in [6, 6.07) is 11.0. The van der Waals surface area contributed by atoms with Crippen LogP contribution >= 0.6 is 23.4 Å². The molecule has 160 valence electrons. The third kappa shape index (κ3) is 4.20. The van der Waals surface area contributed by atoms with E-state index in [0.717, 1.165) is 15.8 Å². The van der Waals surface area contributed by atoms with Gasteiger partial charge in [-0.1, -0.05) is 23.7 Å². The van der Waals surface area contributed by atoms with E-state index in [0.29, 0.717) is 10.5 Å². The van der Waals surface area contributed by atoms with Crippen molar-refractivity contribution in [3.05, 3.63) is 65.3 Å². The molecular weight excluding hydrogens is 451 g/mol. The zero-order valence-electron chi connectivity index (χ0n) is 16.1. The van der Waals surface area contributed by atoms with Crippen molar-refractivity contribution in [1.82, 2.24) is 9.88 Å². The molecule has 0 radical (unpaired) electrons. The van der Waals surface area contributed by atoms with Crippen LogP contribution in [0.2, 0.25) is 5.02 Å². The Labute approximate surface area is 184 Å². The molecule has 0 N–H and O–H groups in total. The van der Waals surface area contributed by atoms with Crippen molar-refractivity contribution < 1.29 is 22.8 Å². The fourth-order valence-corrected chi connectivity index (χ4v) is 4.23. The van der Waals surface area contributed by atoms with Crippen molar-refractivity contribution in [3.8, 4) is 0 Å². The Bertz CT molecular complexity index is 1170. The molecule has 1 atom stereocenters. The maximum atomic E-state index is 13.1. The Morgan fingerprint density at radius 1 is 1.10 bits per heavy atom. The predicted molar refractivity (Wildman–Crippen MR) is 113 cm³/mol. The van der Waals surface area contributed by atoms with Gasteiger partial charge in [0.2, 0.25) is 0 Å². The summed E-state index contributed by atoms with van der Waals surface area (Å²) in [4.78, 5) is 32.5. The first-order valence-electron chi connectivity index (χ1n) is 9.18.